The highest BCUT2D eigenvalue weighted by molar-refractivity contribution is 6.21. The van der Waals surface area contributed by atoms with Gasteiger partial charge in [-0.25, -0.2) is 0 Å². The molecule has 0 saturated heterocycles. The van der Waals surface area contributed by atoms with E-state index in [1.807, 2.05) is 0 Å². The first-order valence-corrected chi connectivity index (χ1v) is 7.13. The van der Waals surface area contributed by atoms with E-state index in [4.69, 9.17) is 4.74 Å². The Morgan fingerprint density at radius 1 is 0.917 bits per heavy atom. The van der Waals surface area contributed by atoms with Crippen LogP contribution in [0.3, 0.4) is 0 Å². The third-order valence-corrected chi connectivity index (χ3v) is 3.62. The third kappa shape index (κ3) is 2.97. The van der Waals surface area contributed by atoms with Crippen LogP contribution in [0.2, 0.25) is 0 Å². The lowest BCUT2D eigenvalue weighted by atomic mass is 10.1. The average Bonchev–Trinajstić information content (AvgIpc) is 2.80. The SMILES string of the molecule is O=C1c2ccccc2C(=O)N1CCOc1cccc(C(F)(F)F)c1. The molecule has 0 radical (unpaired) electrons. The molecule has 2 aromatic rings. The number of benzene rings is 2. The lowest BCUT2D eigenvalue weighted by molar-refractivity contribution is -0.137. The van der Waals surface area contributed by atoms with Gasteiger partial charge in [-0.1, -0.05) is 18.2 Å². The summed E-state index contributed by atoms with van der Waals surface area (Å²) >= 11 is 0. The van der Waals surface area contributed by atoms with Gasteiger partial charge in [-0.2, -0.15) is 13.2 Å². The zero-order valence-corrected chi connectivity index (χ0v) is 12.3. The van der Waals surface area contributed by atoms with Gasteiger partial charge < -0.3 is 4.74 Å². The highest BCUT2D eigenvalue weighted by Crippen LogP contribution is 2.31. The smallest absolute Gasteiger partial charge is 0.416 e. The van der Waals surface area contributed by atoms with Crippen molar-refractivity contribution in [3.63, 3.8) is 0 Å². The largest absolute Gasteiger partial charge is 0.492 e. The molecule has 0 aromatic heterocycles. The Balaban J connectivity index is 1.64. The Bertz CT molecular complexity index is 767. The van der Waals surface area contributed by atoms with Gasteiger partial charge in [0.15, 0.2) is 0 Å². The summed E-state index contributed by atoms with van der Waals surface area (Å²) in [6.45, 7) is -0.130. The summed E-state index contributed by atoms with van der Waals surface area (Å²) in [5, 5.41) is 0. The minimum Gasteiger partial charge on any atom is -0.492 e. The minimum absolute atomic E-state index is 0.0291. The summed E-state index contributed by atoms with van der Waals surface area (Å²) in [5.41, 5.74) is -0.177. The maximum absolute atomic E-state index is 12.6. The normalized spacial score (nSPS) is 14.0. The molecule has 0 unspecified atom stereocenters. The molecule has 1 aliphatic heterocycles. The van der Waals surface area contributed by atoms with Gasteiger partial charge in [-0.3, -0.25) is 14.5 Å². The van der Waals surface area contributed by atoms with E-state index in [1.54, 1.807) is 24.3 Å². The molecular formula is C17H12F3NO3. The molecule has 1 aliphatic rings. The fourth-order valence-corrected chi connectivity index (χ4v) is 2.46. The first-order chi connectivity index (χ1) is 11.4. The van der Waals surface area contributed by atoms with Crippen LogP contribution >= 0.6 is 0 Å². The fourth-order valence-electron chi connectivity index (χ4n) is 2.46. The molecule has 0 saturated carbocycles. The van der Waals surface area contributed by atoms with Crippen molar-refractivity contribution in [2.45, 2.75) is 6.18 Å². The highest BCUT2D eigenvalue weighted by atomic mass is 19.4. The molecule has 0 spiro atoms. The van der Waals surface area contributed by atoms with Crippen LogP contribution in [0.15, 0.2) is 48.5 Å². The molecule has 1 heterocycles. The fraction of sp³-hybridized carbons (Fsp3) is 0.176. The number of amides is 2. The van der Waals surface area contributed by atoms with Crippen LogP contribution in [0, 0.1) is 0 Å². The predicted octanol–water partition coefficient (Wildman–Crippen LogP) is 3.38. The number of imide groups is 1. The van der Waals surface area contributed by atoms with E-state index in [0.29, 0.717) is 11.1 Å². The molecule has 7 heteroatoms. The number of halogens is 3. The van der Waals surface area contributed by atoms with E-state index >= 15 is 0 Å². The maximum Gasteiger partial charge on any atom is 0.416 e. The topological polar surface area (TPSA) is 46.6 Å². The number of nitrogens with zero attached hydrogens (tertiary/aromatic N) is 1. The van der Waals surface area contributed by atoms with Crippen LogP contribution in [0.1, 0.15) is 26.3 Å². The van der Waals surface area contributed by atoms with Crippen LogP contribution in [0.5, 0.6) is 5.75 Å². The minimum atomic E-state index is -4.46. The molecule has 24 heavy (non-hydrogen) atoms. The number of carbonyl (C=O) groups is 2. The number of alkyl halides is 3. The van der Waals surface area contributed by atoms with Crippen molar-refractivity contribution in [2.24, 2.45) is 0 Å². The second-order valence-electron chi connectivity index (χ2n) is 5.18. The Labute approximate surface area is 135 Å². The van der Waals surface area contributed by atoms with Crippen molar-refractivity contribution in [2.75, 3.05) is 13.2 Å². The zero-order valence-electron chi connectivity index (χ0n) is 12.3. The Morgan fingerprint density at radius 3 is 2.12 bits per heavy atom. The summed E-state index contributed by atoms with van der Waals surface area (Å²) in [4.78, 5) is 25.3. The molecular weight excluding hydrogens is 323 g/mol. The summed E-state index contributed by atoms with van der Waals surface area (Å²) in [6.07, 6.45) is -4.46. The lowest BCUT2D eigenvalue weighted by Crippen LogP contribution is -2.33. The standard InChI is InChI=1S/C17H12F3NO3/c18-17(19,20)11-4-3-5-12(10-11)24-9-8-21-15(22)13-6-1-2-7-14(13)16(21)23/h1-7,10H,8-9H2. The molecule has 2 aromatic carbocycles. The summed E-state index contributed by atoms with van der Waals surface area (Å²) < 4.78 is 43.2. The molecule has 0 aliphatic carbocycles. The van der Waals surface area contributed by atoms with Crippen molar-refractivity contribution >= 4 is 11.8 Å². The molecule has 0 bridgehead atoms. The van der Waals surface area contributed by atoms with Crippen LogP contribution in [0.25, 0.3) is 0 Å². The predicted molar refractivity (Wildman–Crippen MR) is 78.7 cm³/mol. The van der Waals surface area contributed by atoms with E-state index < -0.39 is 23.6 Å². The summed E-state index contributed by atoms with van der Waals surface area (Å²) in [5.74, 6) is -0.826. The lowest BCUT2D eigenvalue weighted by Gasteiger charge is -2.15. The summed E-state index contributed by atoms with van der Waals surface area (Å²) in [7, 11) is 0. The second kappa shape index (κ2) is 5.99. The Kier molecular flexibility index (Phi) is 4.01. The van der Waals surface area contributed by atoms with E-state index in [2.05, 4.69) is 0 Å². The van der Waals surface area contributed by atoms with Crippen molar-refractivity contribution in [3.05, 3.63) is 65.2 Å². The van der Waals surface area contributed by atoms with Crippen LogP contribution in [0.4, 0.5) is 13.2 Å². The highest BCUT2D eigenvalue weighted by Gasteiger charge is 2.35. The molecule has 3 rings (SSSR count). The first-order valence-electron chi connectivity index (χ1n) is 7.13. The molecule has 0 fully saturated rings. The maximum atomic E-state index is 12.6. The molecule has 2 amide bonds. The van der Waals surface area contributed by atoms with Gasteiger partial charge in [0.05, 0.1) is 23.2 Å². The van der Waals surface area contributed by atoms with Crippen molar-refractivity contribution in [1.29, 1.82) is 0 Å². The van der Waals surface area contributed by atoms with Crippen LogP contribution < -0.4 is 4.74 Å². The Hall–Kier alpha value is -2.83. The van der Waals surface area contributed by atoms with Gasteiger partial charge in [0.1, 0.15) is 12.4 Å². The second-order valence-corrected chi connectivity index (χ2v) is 5.18. The number of fused-ring (bicyclic) bond motifs is 1. The molecule has 0 N–H and O–H groups in total. The van der Waals surface area contributed by atoms with Gasteiger partial charge >= 0.3 is 6.18 Å². The monoisotopic (exact) mass is 335 g/mol. The van der Waals surface area contributed by atoms with Crippen molar-refractivity contribution in [3.8, 4) is 5.75 Å². The quantitative estimate of drug-likeness (QED) is 0.805. The Morgan fingerprint density at radius 2 is 1.54 bits per heavy atom. The average molecular weight is 335 g/mol. The van der Waals surface area contributed by atoms with E-state index in [1.165, 1.54) is 12.1 Å². The van der Waals surface area contributed by atoms with Gasteiger partial charge in [0.25, 0.3) is 11.8 Å². The van der Waals surface area contributed by atoms with E-state index in [-0.39, 0.29) is 18.9 Å². The van der Waals surface area contributed by atoms with Crippen LogP contribution in [-0.4, -0.2) is 29.9 Å². The zero-order chi connectivity index (χ0) is 17.3. The summed E-state index contributed by atoms with van der Waals surface area (Å²) in [6, 6.07) is 10.9. The number of ether oxygens (including phenoxy) is 1. The van der Waals surface area contributed by atoms with Crippen LogP contribution in [-0.2, 0) is 6.18 Å². The third-order valence-electron chi connectivity index (χ3n) is 3.62. The number of hydrogen-bond acceptors (Lipinski definition) is 3. The number of rotatable bonds is 4. The van der Waals surface area contributed by atoms with Gasteiger partial charge in [-0.15, -0.1) is 0 Å². The number of carbonyl (C=O) groups excluding carboxylic acids is 2. The van der Waals surface area contributed by atoms with Gasteiger partial charge in [0, 0.05) is 0 Å². The van der Waals surface area contributed by atoms with Gasteiger partial charge in [-0.05, 0) is 30.3 Å². The van der Waals surface area contributed by atoms with Gasteiger partial charge in [0.2, 0.25) is 0 Å². The number of hydrogen-bond donors (Lipinski definition) is 0. The first kappa shape index (κ1) is 16.0. The molecule has 0 atom stereocenters. The van der Waals surface area contributed by atoms with Crippen molar-refractivity contribution in [1.82, 2.24) is 4.90 Å². The van der Waals surface area contributed by atoms with E-state index in [9.17, 15) is 22.8 Å². The molecule has 4 nitrogen and oxygen atoms in total. The van der Waals surface area contributed by atoms with Crippen molar-refractivity contribution < 1.29 is 27.5 Å². The van der Waals surface area contributed by atoms with E-state index in [0.717, 1.165) is 17.0 Å². The molecule has 124 valence electrons.